The number of aromatic nitrogens is 1. The molecule has 0 N–H and O–H groups in total. The van der Waals surface area contributed by atoms with Crippen molar-refractivity contribution in [3.8, 4) is 0 Å². The van der Waals surface area contributed by atoms with Crippen LogP contribution in [0, 0.1) is 13.8 Å². The molecule has 0 aliphatic rings. The van der Waals surface area contributed by atoms with Crippen LogP contribution in [0.3, 0.4) is 0 Å². The third-order valence-electron chi connectivity index (χ3n) is 2.73. The molecule has 0 aliphatic heterocycles. The van der Waals surface area contributed by atoms with Crippen LogP contribution in [0.5, 0.6) is 0 Å². The van der Waals surface area contributed by atoms with Crippen LogP contribution in [0.2, 0.25) is 0 Å². The van der Waals surface area contributed by atoms with Gasteiger partial charge < -0.3 is 0 Å². The van der Waals surface area contributed by atoms with Crippen molar-refractivity contribution in [1.82, 2.24) is 4.98 Å². The molecule has 0 saturated heterocycles. The summed E-state index contributed by atoms with van der Waals surface area (Å²) >= 11 is 0. The molecule has 0 amide bonds. The van der Waals surface area contributed by atoms with Crippen LogP contribution >= 0.6 is 0 Å². The van der Waals surface area contributed by atoms with E-state index in [9.17, 15) is 0 Å². The van der Waals surface area contributed by atoms with E-state index in [0.29, 0.717) is 0 Å². The van der Waals surface area contributed by atoms with Gasteiger partial charge in [-0.1, -0.05) is 42.5 Å². The maximum absolute atomic E-state index is 4.28. The van der Waals surface area contributed by atoms with Crippen LogP contribution in [0.4, 0.5) is 0 Å². The molecule has 0 aliphatic carbocycles. The lowest BCUT2D eigenvalue weighted by molar-refractivity contribution is 1.18. The number of hydrogen-bond donors (Lipinski definition) is 0. The standard InChI is InChI=1S/C15H15N/c1-11-6-8-14(9-7-11)12(2)15-5-4-10-16-13(15)3/h4-10H,2H2,1,3H3. The molecule has 1 aromatic carbocycles. The number of nitrogens with zero attached hydrogens (tertiary/aromatic N) is 1. The molecule has 80 valence electrons. The normalized spacial score (nSPS) is 10.1. The van der Waals surface area contributed by atoms with E-state index < -0.39 is 0 Å². The fourth-order valence-corrected chi connectivity index (χ4v) is 1.71. The number of benzene rings is 1. The van der Waals surface area contributed by atoms with Crippen LogP contribution in [0.25, 0.3) is 5.57 Å². The van der Waals surface area contributed by atoms with Crippen LogP contribution < -0.4 is 0 Å². The van der Waals surface area contributed by atoms with Crippen LogP contribution in [0.1, 0.15) is 22.4 Å². The van der Waals surface area contributed by atoms with Gasteiger partial charge in [-0.05, 0) is 31.1 Å². The van der Waals surface area contributed by atoms with Gasteiger partial charge in [0.2, 0.25) is 0 Å². The van der Waals surface area contributed by atoms with Gasteiger partial charge >= 0.3 is 0 Å². The zero-order valence-electron chi connectivity index (χ0n) is 9.70. The van der Waals surface area contributed by atoms with Gasteiger partial charge in [0.15, 0.2) is 0 Å². The van der Waals surface area contributed by atoms with Gasteiger partial charge in [0.1, 0.15) is 0 Å². The first-order valence-electron chi connectivity index (χ1n) is 5.36. The molecule has 0 bridgehead atoms. The predicted molar refractivity (Wildman–Crippen MR) is 68.3 cm³/mol. The molecule has 16 heavy (non-hydrogen) atoms. The summed E-state index contributed by atoms with van der Waals surface area (Å²) in [5.41, 5.74) is 5.59. The third kappa shape index (κ3) is 2.03. The maximum Gasteiger partial charge on any atom is 0.0450 e. The average molecular weight is 209 g/mol. The predicted octanol–water partition coefficient (Wildman–Crippen LogP) is 3.76. The molecule has 0 atom stereocenters. The Hall–Kier alpha value is -1.89. The lowest BCUT2D eigenvalue weighted by atomic mass is 9.98. The summed E-state index contributed by atoms with van der Waals surface area (Å²) in [6, 6.07) is 12.4. The first-order chi connectivity index (χ1) is 7.68. The van der Waals surface area contributed by atoms with Crippen molar-refractivity contribution < 1.29 is 0 Å². The van der Waals surface area contributed by atoms with Gasteiger partial charge in [-0.15, -0.1) is 0 Å². The van der Waals surface area contributed by atoms with E-state index in [1.165, 1.54) is 5.56 Å². The Kier molecular flexibility index (Phi) is 2.86. The Morgan fingerprint density at radius 3 is 2.38 bits per heavy atom. The first-order valence-corrected chi connectivity index (χ1v) is 5.36. The Morgan fingerprint density at radius 1 is 1.06 bits per heavy atom. The van der Waals surface area contributed by atoms with Gasteiger partial charge in [-0.25, -0.2) is 0 Å². The fraction of sp³-hybridized carbons (Fsp3) is 0.133. The minimum Gasteiger partial charge on any atom is -0.261 e. The van der Waals surface area contributed by atoms with Crippen molar-refractivity contribution in [3.63, 3.8) is 0 Å². The van der Waals surface area contributed by atoms with Crippen molar-refractivity contribution in [2.45, 2.75) is 13.8 Å². The van der Waals surface area contributed by atoms with E-state index in [4.69, 9.17) is 0 Å². The second-order valence-electron chi connectivity index (χ2n) is 3.98. The van der Waals surface area contributed by atoms with Gasteiger partial charge in [-0.3, -0.25) is 4.98 Å². The molecule has 1 nitrogen and oxygen atoms in total. The second-order valence-corrected chi connectivity index (χ2v) is 3.98. The van der Waals surface area contributed by atoms with E-state index in [2.05, 4.69) is 48.8 Å². The fourth-order valence-electron chi connectivity index (χ4n) is 1.71. The van der Waals surface area contributed by atoms with Crippen molar-refractivity contribution >= 4 is 5.57 Å². The van der Waals surface area contributed by atoms with Crippen molar-refractivity contribution in [1.29, 1.82) is 0 Å². The molecule has 2 rings (SSSR count). The number of aryl methyl sites for hydroxylation is 2. The van der Waals surface area contributed by atoms with Crippen LogP contribution in [-0.4, -0.2) is 4.98 Å². The van der Waals surface area contributed by atoms with Gasteiger partial charge in [0.25, 0.3) is 0 Å². The summed E-state index contributed by atoms with van der Waals surface area (Å²) < 4.78 is 0. The van der Waals surface area contributed by atoms with Crippen LogP contribution in [-0.2, 0) is 0 Å². The van der Waals surface area contributed by atoms with E-state index >= 15 is 0 Å². The molecule has 0 unspecified atom stereocenters. The Balaban J connectivity index is 2.40. The summed E-state index contributed by atoms with van der Waals surface area (Å²) in [7, 11) is 0. The van der Waals surface area contributed by atoms with Crippen LogP contribution in [0.15, 0.2) is 49.2 Å². The molecule has 1 heterocycles. The lowest BCUT2D eigenvalue weighted by Crippen LogP contribution is -1.92. The average Bonchev–Trinajstić information content (AvgIpc) is 2.30. The Labute approximate surface area is 96.5 Å². The topological polar surface area (TPSA) is 12.9 Å². The van der Waals surface area contributed by atoms with Gasteiger partial charge in [0, 0.05) is 17.5 Å². The quantitative estimate of drug-likeness (QED) is 0.733. The van der Waals surface area contributed by atoms with E-state index in [0.717, 1.165) is 22.4 Å². The molecule has 0 saturated carbocycles. The highest BCUT2D eigenvalue weighted by molar-refractivity contribution is 5.79. The lowest BCUT2D eigenvalue weighted by Gasteiger charge is -2.08. The zero-order valence-corrected chi connectivity index (χ0v) is 9.70. The Morgan fingerprint density at radius 2 is 1.75 bits per heavy atom. The molecule has 2 aromatic rings. The molecule has 0 spiro atoms. The molecule has 0 fully saturated rings. The summed E-state index contributed by atoms with van der Waals surface area (Å²) in [5, 5.41) is 0. The molecular formula is C15H15N. The zero-order chi connectivity index (χ0) is 11.5. The Bertz CT molecular complexity index is 509. The molecular weight excluding hydrogens is 194 g/mol. The number of pyridine rings is 1. The minimum absolute atomic E-state index is 1.02. The largest absolute Gasteiger partial charge is 0.261 e. The molecule has 0 radical (unpaired) electrons. The minimum atomic E-state index is 1.02. The summed E-state index contributed by atoms with van der Waals surface area (Å²) in [5.74, 6) is 0. The summed E-state index contributed by atoms with van der Waals surface area (Å²) in [4.78, 5) is 4.28. The smallest absolute Gasteiger partial charge is 0.0450 e. The number of rotatable bonds is 2. The van der Waals surface area contributed by atoms with Gasteiger partial charge in [0.05, 0.1) is 0 Å². The van der Waals surface area contributed by atoms with E-state index in [-0.39, 0.29) is 0 Å². The summed E-state index contributed by atoms with van der Waals surface area (Å²) in [6.45, 7) is 8.24. The highest BCUT2D eigenvalue weighted by Crippen LogP contribution is 2.23. The van der Waals surface area contributed by atoms with Crippen molar-refractivity contribution in [2.75, 3.05) is 0 Å². The second kappa shape index (κ2) is 4.31. The third-order valence-corrected chi connectivity index (χ3v) is 2.73. The molecule has 1 heteroatoms. The van der Waals surface area contributed by atoms with Gasteiger partial charge in [-0.2, -0.15) is 0 Å². The van der Waals surface area contributed by atoms with Crippen molar-refractivity contribution in [2.24, 2.45) is 0 Å². The van der Waals surface area contributed by atoms with E-state index in [1.54, 1.807) is 6.20 Å². The molecule has 1 aromatic heterocycles. The number of hydrogen-bond acceptors (Lipinski definition) is 1. The van der Waals surface area contributed by atoms with E-state index in [1.807, 2.05) is 13.0 Å². The SMILES string of the molecule is C=C(c1ccc(C)cc1)c1cccnc1C. The highest BCUT2D eigenvalue weighted by atomic mass is 14.7. The monoisotopic (exact) mass is 209 g/mol. The first kappa shape index (κ1) is 10.6. The van der Waals surface area contributed by atoms with Crippen molar-refractivity contribution in [3.05, 3.63) is 71.6 Å². The summed E-state index contributed by atoms with van der Waals surface area (Å²) in [6.07, 6.45) is 1.81. The highest BCUT2D eigenvalue weighted by Gasteiger charge is 2.05. The maximum atomic E-state index is 4.28.